The monoisotopic (exact) mass is 283 g/mol. The highest BCUT2D eigenvalue weighted by atomic mass is 16.4. The Morgan fingerprint density at radius 3 is 2.86 bits per heavy atom. The van der Waals surface area contributed by atoms with Crippen LogP contribution in [0.1, 0.15) is 17.0 Å². The van der Waals surface area contributed by atoms with E-state index in [9.17, 15) is 4.79 Å². The number of nitrogens with zero attached hydrogens (tertiary/aromatic N) is 2. The Hall–Kier alpha value is -2.14. The molecule has 0 aliphatic carbocycles. The molecule has 108 valence electrons. The summed E-state index contributed by atoms with van der Waals surface area (Å²) in [5.74, 6) is 1.19. The minimum absolute atomic E-state index is 0.163. The van der Waals surface area contributed by atoms with E-state index in [0.29, 0.717) is 11.8 Å². The molecular formula is C16H17N3O2. The molecule has 3 atom stereocenters. The third-order valence-electron chi connectivity index (χ3n) is 4.40. The van der Waals surface area contributed by atoms with Crippen LogP contribution >= 0.6 is 0 Å². The van der Waals surface area contributed by atoms with Crippen LogP contribution in [-0.2, 0) is 0 Å². The zero-order chi connectivity index (χ0) is 14.2. The standard InChI is InChI=1S/C16H17N3O2/c20-15(18-13-10-19-7-6-12(13)9-19)14-8-17-16(21-14)11-4-2-1-3-5-11/h1-5,8,12-13H,6-7,9-10H2,(H,18,20)/t12-,13?/m0/s1. The average molecular weight is 283 g/mol. The van der Waals surface area contributed by atoms with Gasteiger partial charge in [-0.3, -0.25) is 4.79 Å². The Morgan fingerprint density at radius 2 is 2.14 bits per heavy atom. The predicted octanol–water partition coefficient (Wildman–Crippen LogP) is 1.78. The van der Waals surface area contributed by atoms with Crippen LogP contribution in [0.25, 0.3) is 11.5 Å². The second-order valence-corrected chi connectivity index (χ2v) is 5.78. The number of nitrogens with one attached hydrogen (secondary N) is 1. The first-order valence-electron chi connectivity index (χ1n) is 7.34. The molecule has 21 heavy (non-hydrogen) atoms. The van der Waals surface area contributed by atoms with Crippen molar-refractivity contribution >= 4 is 5.91 Å². The van der Waals surface area contributed by atoms with Crippen molar-refractivity contribution in [1.82, 2.24) is 15.2 Å². The van der Waals surface area contributed by atoms with E-state index >= 15 is 0 Å². The molecule has 0 spiro atoms. The van der Waals surface area contributed by atoms with E-state index in [0.717, 1.165) is 25.2 Å². The van der Waals surface area contributed by atoms with Crippen molar-refractivity contribution in [3.8, 4) is 11.5 Å². The largest absolute Gasteiger partial charge is 0.431 e. The molecule has 2 aromatic rings. The summed E-state index contributed by atoms with van der Waals surface area (Å²) in [6.45, 7) is 3.23. The molecule has 0 saturated carbocycles. The first kappa shape index (κ1) is 12.6. The first-order valence-corrected chi connectivity index (χ1v) is 7.34. The number of carbonyl (C=O) groups is 1. The fourth-order valence-corrected chi connectivity index (χ4v) is 3.28. The van der Waals surface area contributed by atoms with Crippen LogP contribution in [-0.4, -0.2) is 41.5 Å². The lowest BCUT2D eigenvalue weighted by Gasteiger charge is -2.22. The van der Waals surface area contributed by atoms with Gasteiger partial charge in [-0.1, -0.05) is 18.2 Å². The van der Waals surface area contributed by atoms with E-state index < -0.39 is 0 Å². The normalized spacial score (nSPS) is 27.0. The van der Waals surface area contributed by atoms with Gasteiger partial charge < -0.3 is 14.6 Å². The second kappa shape index (κ2) is 5.00. The molecule has 5 nitrogen and oxygen atoms in total. The minimum Gasteiger partial charge on any atom is -0.431 e. The lowest BCUT2D eigenvalue weighted by atomic mass is 10.00. The van der Waals surface area contributed by atoms with Crippen LogP contribution in [0, 0.1) is 5.92 Å². The van der Waals surface area contributed by atoms with E-state index in [1.54, 1.807) is 0 Å². The fourth-order valence-electron chi connectivity index (χ4n) is 3.28. The van der Waals surface area contributed by atoms with Gasteiger partial charge in [0.15, 0.2) is 0 Å². The SMILES string of the molecule is O=C(NC1CN2CC[C@H]1C2)c1cnc(-c2ccccc2)o1. The molecule has 0 radical (unpaired) electrons. The summed E-state index contributed by atoms with van der Waals surface area (Å²) in [5, 5.41) is 3.08. The summed E-state index contributed by atoms with van der Waals surface area (Å²) in [4.78, 5) is 18.8. The van der Waals surface area contributed by atoms with Gasteiger partial charge >= 0.3 is 0 Å². The Bertz CT molecular complexity index is 653. The van der Waals surface area contributed by atoms with Crippen molar-refractivity contribution < 1.29 is 9.21 Å². The highest BCUT2D eigenvalue weighted by Crippen LogP contribution is 2.28. The average Bonchev–Trinajstić information content (AvgIpc) is 3.24. The molecular weight excluding hydrogens is 266 g/mol. The number of carbonyl (C=O) groups excluding carboxylic acids is 1. The van der Waals surface area contributed by atoms with Crippen LogP contribution < -0.4 is 5.32 Å². The van der Waals surface area contributed by atoms with Crippen LogP contribution in [0.15, 0.2) is 40.9 Å². The molecule has 1 N–H and O–H groups in total. The number of benzene rings is 1. The maximum atomic E-state index is 12.3. The van der Waals surface area contributed by atoms with Crippen molar-refractivity contribution in [2.75, 3.05) is 19.6 Å². The van der Waals surface area contributed by atoms with E-state index in [2.05, 4.69) is 15.2 Å². The Kier molecular flexibility index (Phi) is 3.00. The van der Waals surface area contributed by atoms with Gasteiger partial charge in [-0.05, 0) is 31.0 Å². The molecule has 2 fully saturated rings. The molecule has 1 aromatic carbocycles. The molecule has 4 rings (SSSR count). The summed E-state index contributed by atoms with van der Waals surface area (Å²) in [7, 11) is 0. The maximum Gasteiger partial charge on any atom is 0.289 e. The van der Waals surface area contributed by atoms with Gasteiger partial charge in [0, 0.05) is 24.7 Å². The Balaban J connectivity index is 1.47. The highest BCUT2D eigenvalue weighted by molar-refractivity contribution is 5.91. The third kappa shape index (κ3) is 2.34. The minimum atomic E-state index is -0.163. The van der Waals surface area contributed by atoms with E-state index in [-0.39, 0.29) is 17.7 Å². The zero-order valence-electron chi connectivity index (χ0n) is 11.7. The lowest BCUT2D eigenvalue weighted by molar-refractivity contribution is 0.0897. The van der Waals surface area contributed by atoms with E-state index in [1.807, 2.05) is 30.3 Å². The molecule has 2 saturated heterocycles. The molecule has 3 heterocycles. The smallest absolute Gasteiger partial charge is 0.289 e. The van der Waals surface area contributed by atoms with Crippen molar-refractivity contribution in [3.63, 3.8) is 0 Å². The van der Waals surface area contributed by atoms with Gasteiger partial charge in [-0.25, -0.2) is 4.98 Å². The number of aromatic nitrogens is 1. The van der Waals surface area contributed by atoms with Crippen LogP contribution in [0.4, 0.5) is 0 Å². The molecule has 2 aliphatic heterocycles. The van der Waals surface area contributed by atoms with Gasteiger partial charge in [0.1, 0.15) is 0 Å². The molecule has 1 aromatic heterocycles. The predicted molar refractivity (Wildman–Crippen MR) is 77.7 cm³/mol. The summed E-state index contributed by atoms with van der Waals surface area (Å²) in [5.41, 5.74) is 0.877. The fraction of sp³-hybridized carbons (Fsp3) is 0.375. The summed E-state index contributed by atoms with van der Waals surface area (Å²) >= 11 is 0. The maximum absolute atomic E-state index is 12.3. The number of oxazole rings is 1. The number of amides is 1. The number of fused-ring (bicyclic) bond motifs is 2. The van der Waals surface area contributed by atoms with Crippen LogP contribution in [0.5, 0.6) is 0 Å². The molecule has 2 unspecified atom stereocenters. The van der Waals surface area contributed by atoms with E-state index in [1.165, 1.54) is 12.6 Å². The number of piperidine rings is 1. The second-order valence-electron chi connectivity index (χ2n) is 5.78. The van der Waals surface area contributed by atoms with Crippen molar-refractivity contribution in [2.45, 2.75) is 12.5 Å². The van der Waals surface area contributed by atoms with Gasteiger partial charge in [0.2, 0.25) is 11.7 Å². The molecule has 5 heteroatoms. The summed E-state index contributed by atoms with van der Waals surface area (Å²) in [6.07, 6.45) is 2.68. The third-order valence-corrected chi connectivity index (χ3v) is 4.40. The van der Waals surface area contributed by atoms with Gasteiger partial charge in [0.25, 0.3) is 5.91 Å². The molecule has 2 aliphatic rings. The summed E-state index contributed by atoms with van der Waals surface area (Å²) in [6, 6.07) is 9.85. The van der Waals surface area contributed by atoms with Gasteiger partial charge in [0.05, 0.1) is 6.20 Å². The van der Waals surface area contributed by atoms with Crippen LogP contribution in [0.3, 0.4) is 0 Å². The molecule has 2 bridgehead atoms. The molecule has 1 amide bonds. The van der Waals surface area contributed by atoms with Crippen LogP contribution in [0.2, 0.25) is 0 Å². The highest BCUT2D eigenvalue weighted by Gasteiger charge is 2.39. The van der Waals surface area contributed by atoms with Crippen molar-refractivity contribution in [2.24, 2.45) is 5.92 Å². The van der Waals surface area contributed by atoms with Gasteiger partial charge in [-0.15, -0.1) is 0 Å². The number of hydrogen-bond acceptors (Lipinski definition) is 4. The summed E-state index contributed by atoms with van der Waals surface area (Å²) < 4.78 is 5.59. The quantitative estimate of drug-likeness (QED) is 0.932. The lowest BCUT2D eigenvalue weighted by Crippen LogP contribution is -2.43. The zero-order valence-corrected chi connectivity index (χ0v) is 11.7. The van der Waals surface area contributed by atoms with Crippen molar-refractivity contribution in [1.29, 1.82) is 0 Å². The van der Waals surface area contributed by atoms with E-state index in [4.69, 9.17) is 4.42 Å². The van der Waals surface area contributed by atoms with Crippen molar-refractivity contribution in [3.05, 3.63) is 42.3 Å². The topological polar surface area (TPSA) is 58.4 Å². The van der Waals surface area contributed by atoms with Gasteiger partial charge in [-0.2, -0.15) is 0 Å². The Morgan fingerprint density at radius 1 is 1.29 bits per heavy atom. The Labute approximate surface area is 123 Å². The number of hydrogen-bond donors (Lipinski definition) is 1. The first-order chi connectivity index (χ1) is 10.3. The number of rotatable bonds is 3.